The van der Waals surface area contributed by atoms with Gasteiger partial charge in [-0.1, -0.05) is 54.6 Å². The molecular weight excluding hydrogens is 566 g/mol. The number of hydrogen-bond acceptors (Lipinski definition) is 5. The minimum Gasteiger partial charge on any atom is -0.743 e. The maximum Gasteiger partial charge on any atom is 0.399 e. The third-order valence-electron chi connectivity index (χ3n) is 8.47. The van der Waals surface area contributed by atoms with E-state index in [1.165, 1.54) is 14.7 Å². The zero-order valence-electron chi connectivity index (χ0n) is 22.5. The number of ketones is 2. The molecule has 5 nitrogen and oxygen atoms in total. The van der Waals surface area contributed by atoms with Crippen molar-refractivity contribution in [3.8, 4) is 0 Å². The summed E-state index contributed by atoms with van der Waals surface area (Å²) < 4.78 is 58.0. The third-order valence-corrected chi connectivity index (χ3v) is 11.5. The van der Waals surface area contributed by atoms with Gasteiger partial charge in [-0.15, -0.1) is 0 Å². The summed E-state index contributed by atoms with van der Waals surface area (Å²) in [5, 5.41) is -5.16. The number of Topliss-reactive ketones (excluding diaryl/α,β-unsaturated/α-hetero) is 2. The number of rotatable bonds is 8. The number of halogens is 2. The van der Waals surface area contributed by atoms with Gasteiger partial charge in [-0.3, -0.25) is 9.59 Å². The fraction of sp³-hybridized carbons (Fsp3) is 0.375. The average Bonchev–Trinajstić information content (AvgIpc) is 2.93. The lowest BCUT2D eigenvalue weighted by atomic mass is 9.48. The van der Waals surface area contributed by atoms with Gasteiger partial charge in [0.1, 0.15) is 0 Å². The molecule has 3 aromatic rings. The number of hydrogen-bond donors (Lipinski definition) is 0. The number of alkyl halides is 2. The molecule has 4 aliphatic rings. The Labute approximate surface area is 242 Å². The topological polar surface area (TPSA) is 91.3 Å². The Kier molecular flexibility index (Phi) is 8.51. The summed E-state index contributed by atoms with van der Waals surface area (Å²) in [4.78, 5) is 27.4. The van der Waals surface area contributed by atoms with Gasteiger partial charge >= 0.3 is 5.25 Å². The number of benzene rings is 3. The number of carbonyl (C=O) groups is 2. The van der Waals surface area contributed by atoms with Gasteiger partial charge in [0.15, 0.2) is 24.8 Å². The predicted molar refractivity (Wildman–Crippen MR) is 151 cm³/mol. The zero-order valence-corrected chi connectivity index (χ0v) is 24.1. The summed E-state index contributed by atoms with van der Waals surface area (Å²) in [5.41, 5.74) is -0.454. The molecule has 0 aromatic heterocycles. The van der Waals surface area contributed by atoms with Gasteiger partial charge in [-0.2, -0.15) is 8.78 Å². The first-order valence-electron chi connectivity index (χ1n) is 13.8. The molecule has 4 aliphatic carbocycles. The van der Waals surface area contributed by atoms with Gasteiger partial charge in [0.25, 0.3) is 5.78 Å². The minimum atomic E-state index is -6.17. The summed E-state index contributed by atoms with van der Waals surface area (Å²) >= 11 is 0. The van der Waals surface area contributed by atoms with Crippen LogP contribution in [-0.2, 0) is 30.6 Å². The lowest BCUT2D eigenvalue weighted by Crippen LogP contribution is -2.49. The molecule has 0 spiro atoms. The predicted octanol–water partition coefficient (Wildman–Crippen LogP) is 6.65. The Balaban J connectivity index is 0.000000166. The maximum absolute atomic E-state index is 13.3. The van der Waals surface area contributed by atoms with Crippen molar-refractivity contribution in [1.29, 1.82) is 0 Å². The monoisotopic (exact) mass is 598 g/mol. The first-order valence-corrected chi connectivity index (χ1v) is 16.4. The SMILES string of the molecule is O=C(CC12CC3CC(CC(C3)C1)C2)C(=O)C(F)(F)S(=O)(=O)[O-].c1ccc([S+](c2ccccc2)c2ccccc2)cc1. The molecule has 216 valence electrons. The first-order chi connectivity index (χ1) is 19.5. The van der Waals surface area contributed by atoms with E-state index in [1.807, 2.05) is 0 Å². The van der Waals surface area contributed by atoms with E-state index in [1.54, 1.807) is 0 Å². The van der Waals surface area contributed by atoms with E-state index in [-0.39, 0.29) is 17.3 Å². The molecule has 7 rings (SSSR count). The van der Waals surface area contributed by atoms with Crippen LogP contribution >= 0.6 is 0 Å². The van der Waals surface area contributed by atoms with Crippen LogP contribution < -0.4 is 0 Å². The third kappa shape index (κ3) is 6.47. The highest BCUT2D eigenvalue weighted by Crippen LogP contribution is 2.61. The van der Waals surface area contributed by atoms with Crippen molar-refractivity contribution in [2.75, 3.05) is 0 Å². The first kappa shape index (κ1) is 29.6. The van der Waals surface area contributed by atoms with Crippen molar-refractivity contribution in [3.63, 3.8) is 0 Å². The van der Waals surface area contributed by atoms with E-state index < -0.39 is 32.4 Å². The second kappa shape index (κ2) is 11.8. The molecule has 9 heteroatoms. The Morgan fingerprint density at radius 2 is 1.07 bits per heavy atom. The normalized spacial score (nSPS) is 24.9. The Bertz CT molecular complexity index is 1350. The van der Waals surface area contributed by atoms with Gasteiger partial charge in [0, 0.05) is 6.42 Å². The molecule has 0 heterocycles. The molecule has 0 radical (unpaired) electrons. The minimum absolute atomic E-state index is 0.0146. The molecule has 0 unspecified atom stereocenters. The maximum atomic E-state index is 13.3. The molecule has 4 saturated carbocycles. The molecule has 0 saturated heterocycles. The number of carbonyl (C=O) groups excluding carboxylic acids is 2. The lowest BCUT2D eigenvalue weighted by Gasteiger charge is -2.56. The van der Waals surface area contributed by atoms with Crippen LogP contribution in [0, 0.1) is 23.2 Å². The summed E-state index contributed by atoms with van der Waals surface area (Å²) in [6, 6.07) is 32.2. The highest BCUT2D eigenvalue weighted by molar-refractivity contribution is 7.97. The molecule has 4 fully saturated rings. The van der Waals surface area contributed by atoms with Gasteiger partial charge in [0.05, 0.1) is 10.9 Å². The molecular formula is C32H32F2O5S2. The second-order valence-corrected chi connectivity index (χ2v) is 15.0. The van der Waals surface area contributed by atoms with Crippen LogP contribution in [0.4, 0.5) is 8.78 Å². The van der Waals surface area contributed by atoms with Crippen LogP contribution in [0.25, 0.3) is 0 Å². The Hall–Kier alpha value is -2.88. The molecule has 4 bridgehead atoms. The lowest BCUT2D eigenvalue weighted by molar-refractivity contribution is -0.149. The van der Waals surface area contributed by atoms with Crippen molar-refractivity contribution in [2.24, 2.45) is 23.2 Å². The fourth-order valence-electron chi connectivity index (χ4n) is 7.28. The van der Waals surface area contributed by atoms with E-state index in [0.29, 0.717) is 17.8 Å². The van der Waals surface area contributed by atoms with E-state index in [0.717, 1.165) is 38.5 Å². The summed E-state index contributed by atoms with van der Waals surface area (Å²) in [5.74, 6) is -2.39. The van der Waals surface area contributed by atoms with Crippen LogP contribution in [-0.4, -0.2) is 29.8 Å². The van der Waals surface area contributed by atoms with Gasteiger partial charge in [0.2, 0.25) is 5.78 Å². The van der Waals surface area contributed by atoms with E-state index in [9.17, 15) is 31.3 Å². The standard InChI is InChI=1S/C18H15S.C14H18F2O5S/c1-4-10-16(11-5-1)19(17-12-6-2-7-13-17)18-14-8-3-9-15-18;15-14(16,22(19,20)21)12(18)11(17)7-13-4-8-1-9(5-13)3-10(2-8)6-13/h1-15H;8-10H,1-7H2,(H,19,20,21)/q+1;/p-1. The highest BCUT2D eigenvalue weighted by atomic mass is 32.2. The van der Waals surface area contributed by atoms with Crippen molar-refractivity contribution < 1.29 is 31.3 Å². The van der Waals surface area contributed by atoms with Crippen LogP contribution in [0.2, 0.25) is 0 Å². The van der Waals surface area contributed by atoms with Crippen LogP contribution in [0.1, 0.15) is 44.9 Å². The van der Waals surface area contributed by atoms with Crippen molar-refractivity contribution in [1.82, 2.24) is 0 Å². The smallest absolute Gasteiger partial charge is 0.399 e. The summed E-state index contributed by atoms with van der Waals surface area (Å²) in [6.07, 6.45) is 5.10. The molecule has 0 aliphatic heterocycles. The molecule has 0 N–H and O–H groups in total. The van der Waals surface area contributed by atoms with Gasteiger partial charge in [-0.05, 0) is 98.1 Å². The molecule has 41 heavy (non-hydrogen) atoms. The average molecular weight is 599 g/mol. The van der Waals surface area contributed by atoms with E-state index >= 15 is 0 Å². The van der Waals surface area contributed by atoms with Gasteiger partial charge < -0.3 is 4.55 Å². The zero-order chi connectivity index (χ0) is 29.3. The molecule has 0 amide bonds. The van der Waals surface area contributed by atoms with Crippen molar-refractivity contribution in [2.45, 2.75) is 64.9 Å². The Morgan fingerprint density at radius 1 is 0.732 bits per heavy atom. The molecule has 3 aromatic carbocycles. The Morgan fingerprint density at radius 3 is 1.39 bits per heavy atom. The molecule has 0 atom stereocenters. The fourth-order valence-corrected chi connectivity index (χ4v) is 9.73. The highest BCUT2D eigenvalue weighted by Gasteiger charge is 2.55. The summed E-state index contributed by atoms with van der Waals surface area (Å²) in [7, 11) is -6.18. The van der Waals surface area contributed by atoms with Gasteiger partial charge in [-0.25, -0.2) is 8.42 Å². The van der Waals surface area contributed by atoms with Crippen LogP contribution in [0.3, 0.4) is 0 Å². The largest absolute Gasteiger partial charge is 0.743 e. The van der Waals surface area contributed by atoms with Crippen LogP contribution in [0.5, 0.6) is 0 Å². The van der Waals surface area contributed by atoms with Crippen molar-refractivity contribution >= 4 is 32.6 Å². The van der Waals surface area contributed by atoms with E-state index in [2.05, 4.69) is 91.0 Å². The van der Waals surface area contributed by atoms with Crippen molar-refractivity contribution in [3.05, 3.63) is 91.0 Å². The van der Waals surface area contributed by atoms with E-state index in [4.69, 9.17) is 0 Å². The quantitative estimate of drug-likeness (QED) is 0.165. The van der Waals surface area contributed by atoms with Crippen LogP contribution in [0.15, 0.2) is 106 Å². The summed E-state index contributed by atoms with van der Waals surface area (Å²) in [6.45, 7) is 0. The second-order valence-electron chi connectivity index (χ2n) is 11.6.